The highest BCUT2D eigenvalue weighted by atomic mass is 32.1. The Morgan fingerprint density at radius 2 is 2.04 bits per heavy atom. The summed E-state index contributed by atoms with van der Waals surface area (Å²) < 4.78 is 1.85. The molecule has 3 aromatic rings. The molecule has 0 saturated carbocycles. The number of nitrogens with one attached hydrogen (secondary N) is 2. The van der Waals surface area contributed by atoms with Crippen molar-refractivity contribution in [3.63, 3.8) is 0 Å². The van der Waals surface area contributed by atoms with Crippen LogP contribution in [0, 0.1) is 6.92 Å². The third-order valence-corrected chi connectivity index (χ3v) is 5.10. The number of guanidine groups is 1. The lowest BCUT2D eigenvalue weighted by Gasteiger charge is -2.17. The molecule has 26 heavy (non-hydrogen) atoms. The largest absolute Gasteiger partial charge is 0.354 e. The maximum atomic E-state index is 4.33. The molecule has 0 bridgehead atoms. The molecule has 0 amide bonds. The molecule has 1 aromatic carbocycles. The van der Waals surface area contributed by atoms with Crippen LogP contribution in [0.1, 0.15) is 22.2 Å². The van der Waals surface area contributed by atoms with Crippen LogP contribution in [0.3, 0.4) is 0 Å². The zero-order valence-electron chi connectivity index (χ0n) is 15.4. The van der Waals surface area contributed by atoms with Crippen LogP contribution in [0.5, 0.6) is 0 Å². The van der Waals surface area contributed by atoms with E-state index in [1.54, 1.807) is 13.2 Å². The Balaban J connectivity index is 1.50. The Bertz CT molecular complexity index is 833. The number of thiophene rings is 1. The summed E-state index contributed by atoms with van der Waals surface area (Å²) in [7, 11) is 1.80. The van der Waals surface area contributed by atoms with Gasteiger partial charge in [0.25, 0.3) is 0 Å². The molecule has 0 radical (unpaired) electrons. The standard InChI is InChI=1S/C20H25N5S/c1-15(13-19-10-5-16(2)26-19)24-20(21-3)22-14-17-6-8-18(9-7-17)25-12-4-11-23-25/h4-12,15H,13-14H2,1-3H3,(H2,21,22,24). The topological polar surface area (TPSA) is 54.2 Å². The monoisotopic (exact) mass is 367 g/mol. The van der Waals surface area contributed by atoms with Crippen molar-refractivity contribution in [2.45, 2.75) is 32.9 Å². The van der Waals surface area contributed by atoms with Crippen molar-refractivity contribution in [3.8, 4) is 5.69 Å². The molecule has 2 aromatic heterocycles. The molecule has 136 valence electrons. The highest BCUT2D eigenvalue weighted by Crippen LogP contribution is 2.16. The second kappa shape index (κ2) is 8.67. The molecule has 3 rings (SSSR count). The van der Waals surface area contributed by atoms with Crippen molar-refractivity contribution in [3.05, 3.63) is 70.2 Å². The zero-order chi connectivity index (χ0) is 18.4. The van der Waals surface area contributed by atoms with E-state index in [4.69, 9.17) is 0 Å². The molecular formula is C20H25N5S. The van der Waals surface area contributed by atoms with Crippen LogP contribution in [0.25, 0.3) is 5.69 Å². The zero-order valence-corrected chi connectivity index (χ0v) is 16.3. The van der Waals surface area contributed by atoms with E-state index in [1.807, 2.05) is 28.3 Å². The first-order valence-corrected chi connectivity index (χ1v) is 9.57. The van der Waals surface area contributed by atoms with E-state index in [0.717, 1.165) is 24.6 Å². The highest BCUT2D eigenvalue weighted by molar-refractivity contribution is 7.11. The summed E-state index contributed by atoms with van der Waals surface area (Å²) in [4.78, 5) is 7.08. The number of benzene rings is 1. The molecule has 0 aliphatic heterocycles. The van der Waals surface area contributed by atoms with Gasteiger partial charge in [-0.25, -0.2) is 4.68 Å². The maximum Gasteiger partial charge on any atom is 0.191 e. The van der Waals surface area contributed by atoms with Crippen molar-refractivity contribution in [2.24, 2.45) is 4.99 Å². The molecule has 0 aliphatic carbocycles. The highest BCUT2D eigenvalue weighted by Gasteiger charge is 2.08. The Morgan fingerprint density at radius 1 is 1.23 bits per heavy atom. The second-order valence-corrected chi connectivity index (χ2v) is 7.68. The Labute approximate surface area is 158 Å². The molecule has 0 saturated heterocycles. The van der Waals surface area contributed by atoms with Crippen LogP contribution in [-0.2, 0) is 13.0 Å². The van der Waals surface area contributed by atoms with Crippen molar-refractivity contribution in [2.75, 3.05) is 7.05 Å². The fraction of sp³-hybridized carbons (Fsp3) is 0.300. The van der Waals surface area contributed by atoms with Gasteiger partial charge in [-0.2, -0.15) is 5.10 Å². The average Bonchev–Trinajstić information content (AvgIpc) is 3.31. The third kappa shape index (κ3) is 4.95. The van der Waals surface area contributed by atoms with Crippen molar-refractivity contribution < 1.29 is 0 Å². The summed E-state index contributed by atoms with van der Waals surface area (Å²) in [5.41, 5.74) is 2.26. The molecule has 6 heteroatoms. The molecule has 1 atom stereocenters. The minimum absolute atomic E-state index is 0.321. The van der Waals surface area contributed by atoms with Gasteiger partial charge in [-0.1, -0.05) is 12.1 Å². The van der Waals surface area contributed by atoms with Gasteiger partial charge >= 0.3 is 0 Å². The van der Waals surface area contributed by atoms with Crippen LogP contribution >= 0.6 is 11.3 Å². The molecule has 2 N–H and O–H groups in total. The molecule has 0 aliphatic rings. The average molecular weight is 368 g/mol. The smallest absolute Gasteiger partial charge is 0.191 e. The van der Waals surface area contributed by atoms with Crippen LogP contribution in [0.2, 0.25) is 0 Å². The summed E-state index contributed by atoms with van der Waals surface area (Å²) >= 11 is 1.85. The predicted octanol–water partition coefficient (Wildman–Crippen LogP) is 3.54. The first-order chi connectivity index (χ1) is 12.6. The lowest BCUT2D eigenvalue weighted by molar-refractivity contribution is 0.645. The number of rotatable bonds is 6. The van der Waals surface area contributed by atoms with Crippen LogP contribution in [-0.4, -0.2) is 28.8 Å². The van der Waals surface area contributed by atoms with Gasteiger partial charge in [-0.15, -0.1) is 11.3 Å². The number of nitrogens with zero attached hydrogens (tertiary/aromatic N) is 3. The maximum absolute atomic E-state index is 4.33. The van der Waals surface area contributed by atoms with Gasteiger partial charge in [0, 0.05) is 48.2 Å². The lowest BCUT2D eigenvalue weighted by atomic mass is 10.2. The van der Waals surface area contributed by atoms with Crippen LogP contribution < -0.4 is 10.6 Å². The van der Waals surface area contributed by atoms with Crippen molar-refractivity contribution >= 4 is 17.3 Å². The van der Waals surface area contributed by atoms with Gasteiger partial charge in [0.1, 0.15) is 0 Å². The van der Waals surface area contributed by atoms with Crippen molar-refractivity contribution in [1.29, 1.82) is 0 Å². The Kier molecular flexibility index (Phi) is 6.07. The van der Waals surface area contributed by atoms with E-state index >= 15 is 0 Å². The summed E-state index contributed by atoms with van der Waals surface area (Å²) in [6.07, 6.45) is 4.72. The van der Waals surface area contributed by atoms with Gasteiger partial charge in [0.15, 0.2) is 5.96 Å². The fourth-order valence-electron chi connectivity index (χ4n) is 2.75. The molecule has 1 unspecified atom stereocenters. The molecular weight excluding hydrogens is 342 g/mol. The predicted molar refractivity (Wildman–Crippen MR) is 109 cm³/mol. The third-order valence-electron chi connectivity index (χ3n) is 4.08. The number of hydrogen-bond acceptors (Lipinski definition) is 3. The summed E-state index contributed by atoms with van der Waals surface area (Å²) in [6.45, 7) is 5.05. The fourth-order valence-corrected chi connectivity index (χ4v) is 3.77. The van der Waals surface area contributed by atoms with Gasteiger partial charge < -0.3 is 10.6 Å². The van der Waals surface area contributed by atoms with E-state index in [0.29, 0.717) is 6.04 Å². The molecule has 5 nitrogen and oxygen atoms in total. The number of aromatic nitrogens is 2. The quantitative estimate of drug-likeness (QED) is 0.518. The van der Waals surface area contributed by atoms with Crippen molar-refractivity contribution in [1.82, 2.24) is 20.4 Å². The molecule has 0 fully saturated rings. The minimum Gasteiger partial charge on any atom is -0.354 e. The summed E-state index contributed by atoms with van der Waals surface area (Å²) in [5.74, 6) is 0.821. The van der Waals surface area contributed by atoms with Gasteiger partial charge in [-0.05, 0) is 49.7 Å². The Morgan fingerprint density at radius 3 is 2.65 bits per heavy atom. The first kappa shape index (κ1) is 18.2. The molecule has 2 heterocycles. The summed E-state index contributed by atoms with van der Waals surface area (Å²) in [6, 6.07) is 15.0. The van der Waals surface area contributed by atoms with Crippen LogP contribution in [0.15, 0.2) is 59.9 Å². The first-order valence-electron chi connectivity index (χ1n) is 8.75. The SMILES string of the molecule is CN=C(NCc1ccc(-n2cccn2)cc1)NC(C)Cc1ccc(C)s1. The second-order valence-electron chi connectivity index (χ2n) is 6.30. The normalized spacial score (nSPS) is 12.8. The number of aliphatic imine (C=N–C) groups is 1. The van der Waals surface area contributed by atoms with Gasteiger partial charge in [0.2, 0.25) is 0 Å². The number of hydrogen-bond donors (Lipinski definition) is 2. The van der Waals surface area contributed by atoms with E-state index < -0.39 is 0 Å². The Hall–Kier alpha value is -2.60. The molecule has 0 spiro atoms. The van der Waals surface area contributed by atoms with Crippen LogP contribution in [0.4, 0.5) is 0 Å². The lowest BCUT2D eigenvalue weighted by Crippen LogP contribution is -2.42. The van der Waals surface area contributed by atoms with Gasteiger partial charge in [-0.3, -0.25) is 4.99 Å². The van der Waals surface area contributed by atoms with E-state index in [2.05, 4.69) is 71.0 Å². The van der Waals surface area contributed by atoms with E-state index in [1.165, 1.54) is 15.3 Å². The number of aryl methyl sites for hydroxylation is 1. The minimum atomic E-state index is 0.321. The van der Waals surface area contributed by atoms with E-state index in [9.17, 15) is 0 Å². The van der Waals surface area contributed by atoms with E-state index in [-0.39, 0.29) is 0 Å². The van der Waals surface area contributed by atoms with Gasteiger partial charge in [0.05, 0.1) is 5.69 Å². The summed E-state index contributed by atoms with van der Waals surface area (Å²) in [5, 5.41) is 11.1.